The topological polar surface area (TPSA) is 30.5 Å². The van der Waals surface area contributed by atoms with Crippen molar-refractivity contribution in [3.63, 3.8) is 0 Å². The van der Waals surface area contributed by atoms with Gasteiger partial charge in [0.2, 0.25) is 0 Å². The SMILES string of the molecule is Cc1cc2c(c(CC3CCCNC3)c1C)OCCO2. The second kappa shape index (κ2) is 5.41. The Bertz CT molecular complexity index is 464. The fourth-order valence-corrected chi connectivity index (χ4v) is 3.12. The first-order chi connectivity index (χ1) is 9.25. The maximum atomic E-state index is 5.89. The molecule has 1 N–H and O–H groups in total. The van der Waals surface area contributed by atoms with Crippen LogP contribution in [0.25, 0.3) is 0 Å². The lowest BCUT2D eigenvalue weighted by Crippen LogP contribution is -2.31. The summed E-state index contributed by atoms with van der Waals surface area (Å²) >= 11 is 0. The number of ether oxygens (including phenoxy) is 2. The predicted molar refractivity (Wildman–Crippen MR) is 76.2 cm³/mol. The van der Waals surface area contributed by atoms with E-state index in [2.05, 4.69) is 25.2 Å². The molecule has 1 atom stereocenters. The third-order valence-corrected chi connectivity index (χ3v) is 4.37. The van der Waals surface area contributed by atoms with Crippen LogP contribution < -0.4 is 14.8 Å². The molecule has 1 aromatic rings. The molecule has 1 saturated heterocycles. The fraction of sp³-hybridized carbons (Fsp3) is 0.625. The van der Waals surface area contributed by atoms with E-state index in [0.29, 0.717) is 13.2 Å². The van der Waals surface area contributed by atoms with E-state index in [-0.39, 0.29) is 0 Å². The lowest BCUT2D eigenvalue weighted by molar-refractivity contribution is 0.169. The molecule has 1 unspecified atom stereocenters. The zero-order chi connectivity index (χ0) is 13.2. The zero-order valence-corrected chi connectivity index (χ0v) is 11.9. The van der Waals surface area contributed by atoms with Crippen LogP contribution in [0.2, 0.25) is 0 Å². The molecule has 1 fully saturated rings. The smallest absolute Gasteiger partial charge is 0.164 e. The molecule has 2 aliphatic rings. The van der Waals surface area contributed by atoms with Crippen LogP contribution in [-0.4, -0.2) is 26.3 Å². The van der Waals surface area contributed by atoms with Crippen molar-refractivity contribution in [1.82, 2.24) is 5.32 Å². The Kier molecular flexibility index (Phi) is 3.65. The van der Waals surface area contributed by atoms with Crippen molar-refractivity contribution in [1.29, 1.82) is 0 Å². The van der Waals surface area contributed by atoms with Crippen molar-refractivity contribution in [2.75, 3.05) is 26.3 Å². The summed E-state index contributed by atoms with van der Waals surface area (Å²) in [5.74, 6) is 2.66. The number of hydrogen-bond donors (Lipinski definition) is 1. The van der Waals surface area contributed by atoms with Crippen LogP contribution in [-0.2, 0) is 6.42 Å². The highest BCUT2D eigenvalue weighted by molar-refractivity contribution is 5.54. The van der Waals surface area contributed by atoms with E-state index in [1.807, 2.05) is 0 Å². The molecular weight excluding hydrogens is 238 g/mol. The van der Waals surface area contributed by atoms with Gasteiger partial charge >= 0.3 is 0 Å². The normalized spacial score (nSPS) is 22.3. The minimum absolute atomic E-state index is 0.667. The van der Waals surface area contributed by atoms with Crippen LogP contribution in [0.3, 0.4) is 0 Å². The maximum Gasteiger partial charge on any atom is 0.164 e. The largest absolute Gasteiger partial charge is 0.486 e. The van der Waals surface area contributed by atoms with Crippen molar-refractivity contribution >= 4 is 0 Å². The van der Waals surface area contributed by atoms with Crippen molar-refractivity contribution in [2.45, 2.75) is 33.1 Å². The summed E-state index contributed by atoms with van der Waals surface area (Å²) in [6, 6.07) is 2.12. The van der Waals surface area contributed by atoms with E-state index in [4.69, 9.17) is 9.47 Å². The van der Waals surface area contributed by atoms with Gasteiger partial charge in [-0.05, 0) is 69.3 Å². The summed E-state index contributed by atoms with van der Waals surface area (Å²) < 4.78 is 11.6. The maximum absolute atomic E-state index is 5.89. The van der Waals surface area contributed by atoms with Gasteiger partial charge in [0, 0.05) is 5.56 Å². The van der Waals surface area contributed by atoms with Crippen molar-refractivity contribution < 1.29 is 9.47 Å². The molecule has 0 radical (unpaired) electrons. The Balaban J connectivity index is 1.91. The zero-order valence-electron chi connectivity index (χ0n) is 11.9. The summed E-state index contributed by atoms with van der Waals surface area (Å²) in [5, 5.41) is 3.50. The highest BCUT2D eigenvalue weighted by atomic mass is 16.6. The molecule has 3 heteroatoms. The highest BCUT2D eigenvalue weighted by Crippen LogP contribution is 2.39. The molecule has 0 spiro atoms. The lowest BCUT2D eigenvalue weighted by atomic mass is 9.88. The van der Waals surface area contributed by atoms with Crippen LogP contribution in [0.15, 0.2) is 6.07 Å². The quantitative estimate of drug-likeness (QED) is 0.887. The molecule has 2 aliphatic heterocycles. The first kappa shape index (κ1) is 12.8. The Morgan fingerprint density at radius 2 is 2.11 bits per heavy atom. The Morgan fingerprint density at radius 3 is 2.89 bits per heavy atom. The van der Waals surface area contributed by atoms with Gasteiger partial charge in [-0.1, -0.05) is 0 Å². The average molecular weight is 261 g/mol. The summed E-state index contributed by atoms with van der Waals surface area (Å²) in [4.78, 5) is 0. The third-order valence-electron chi connectivity index (χ3n) is 4.37. The van der Waals surface area contributed by atoms with Gasteiger partial charge in [-0.15, -0.1) is 0 Å². The summed E-state index contributed by atoms with van der Waals surface area (Å²) in [5.41, 5.74) is 4.04. The van der Waals surface area contributed by atoms with Gasteiger partial charge in [0.1, 0.15) is 13.2 Å². The predicted octanol–water partition coefficient (Wildman–Crippen LogP) is 2.62. The molecule has 0 aromatic heterocycles. The van der Waals surface area contributed by atoms with Gasteiger partial charge in [-0.3, -0.25) is 0 Å². The number of benzene rings is 1. The summed E-state index contributed by atoms with van der Waals surface area (Å²) in [6.45, 7) is 8.00. The Labute approximate surface area is 115 Å². The number of piperidine rings is 1. The first-order valence-electron chi connectivity index (χ1n) is 7.35. The van der Waals surface area contributed by atoms with E-state index in [0.717, 1.165) is 30.4 Å². The van der Waals surface area contributed by atoms with Gasteiger partial charge < -0.3 is 14.8 Å². The Morgan fingerprint density at radius 1 is 1.26 bits per heavy atom. The van der Waals surface area contributed by atoms with Crippen molar-refractivity contribution in [3.8, 4) is 11.5 Å². The summed E-state index contributed by atoms with van der Waals surface area (Å²) in [6.07, 6.45) is 3.71. The van der Waals surface area contributed by atoms with E-state index < -0.39 is 0 Å². The minimum Gasteiger partial charge on any atom is -0.486 e. The standard InChI is InChI=1S/C16H23NO2/c1-11-8-15-16(19-7-6-18-15)14(12(11)2)9-13-4-3-5-17-10-13/h8,13,17H,3-7,9-10H2,1-2H3. The molecular formula is C16H23NO2. The van der Waals surface area contributed by atoms with E-state index in [1.54, 1.807) is 0 Å². The first-order valence-corrected chi connectivity index (χ1v) is 7.35. The molecule has 1 aromatic carbocycles. The molecule has 19 heavy (non-hydrogen) atoms. The van der Waals surface area contributed by atoms with E-state index in [1.165, 1.54) is 36.1 Å². The van der Waals surface area contributed by atoms with Gasteiger partial charge in [0.15, 0.2) is 11.5 Å². The van der Waals surface area contributed by atoms with Crippen molar-refractivity contribution in [3.05, 3.63) is 22.8 Å². The molecule has 0 aliphatic carbocycles. The number of hydrogen-bond acceptors (Lipinski definition) is 3. The van der Waals surface area contributed by atoms with Crippen LogP contribution in [0.5, 0.6) is 11.5 Å². The van der Waals surface area contributed by atoms with Gasteiger partial charge in [0.05, 0.1) is 0 Å². The molecule has 0 saturated carbocycles. The second-order valence-electron chi connectivity index (χ2n) is 5.74. The number of aryl methyl sites for hydroxylation is 1. The van der Waals surface area contributed by atoms with Crippen LogP contribution >= 0.6 is 0 Å². The lowest BCUT2D eigenvalue weighted by Gasteiger charge is -2.28. The molecule has 104 valence electrons. The molecule has 3 rings (SSSR count). The Hall–Kier alpha value is -1.22. The van der Waals surface area contributed by atoms with Gasteiger partial charge in [-0.2, -0.15) is 0 Å². The third kappa shape index (κ3) is 2.57. The molecule has 3 nitrogen and oxygen atoms in total. The van der Waals surface area contributed by atoms with Crippen LogP contribution in [0, 0.1) is 19.8 Å². The van der Waals surface area contributed by atoms with E-state index >= 15 is 0 Å². The molecule has 0 bridgehead atoms. The average Bonchev–Trinajstić information content (AvgIpc) is 2.45. The second-order valence-corrected chi connectivity index (χ2v) is 5.74. The number of fused-ring (bicyclic) bond motifs is 1. The van der Waals surface area contributed by atoms with E-state index in [9.17, 15) is 0 Å². The van der Waals surface area contributed by atoms with Gasteiger partial charge in [0.25, 0.3) is 0 Å². The highest BCUT2D eigenvalue weighted by Gasteiger charge is 2.23. The monoisotopic (exact) mass is 261 g/mol. The summed E-state index contributed by atoms with van der Waals surface area (Å²) in [7, 11) is 0. The number of rotatable bonds is 2. The fourth-order valence-electron chi connectivity index (χ4n) is 3.12. The molecule has 2 heterocycles. The number of nitrogens with one attached hydrogen (secondary N) is 1. The van der Waals surface area contributed by atoms with Crippen LogP contribution in [0.4, 0.5) is 0 Å². The minimum atomic E-state index is 0.667. The van der Waals surface area contributed by atoms with Crippen molar-refractivity contribution in [2.24, 2.45) is 5.92 Å². The molecule has 0 amide bonds. The van der Waals surface area contributed by atoms with Gasteiger partial charge in [-0.25, -0.2) is 0 Å². The van der Waals surface area contributed by atoms with Crippen LogP contribution in [0.1, 0.15) is 29.5 Å².